The van der Waals surface area contributed by atoms with Crippen LogP contribution in [0.1, 0.15) is 5.69 Å². The number of anilines is 1. The van der Waals surface area contributed by atoms with Crippen molar-refractivity contribution in [3.05, 3.63) is 36.7 Å². The van der Waals surface area contributed by atoms with E-state index < -0.39 is 0 Å². The van der Waals surface area contributed by atoms with E-state index in [4.69, 9.17) is 0 Å². The van der Waals surface area contributed by atoms with Gasteiger partial charge in [-0.25, -0.2) is 0 Å². The van der Waals surface area contributed by atoms with Crippen molar-refractivity contribution in [1.29, 1.82) is 0 Å². The minimum Gasteiger partial charge on any atom is -0.321 e. The van der Waals surface area contributed by atoms with Gasteiger partial charge in [0.2, 0.25) is 5.91 Å². The summed E-state index contributed by atoms with van der Waals surface area (Å²) in [6.07, 6.45) is 2.83. The Hall–Kier alpha value is -1.64. The van der Waals surface area contributed by atoms with E-state index in [0.717, 1.165) is 5.69 Å². The van der Waals surface area contributed by atoms with Crippen LogP contribution >= 0.6 is 0 Å². The van der Waals surface area contributed by atoms with Crippen molar-refractivity contribution in [1.82, 2.24) is 4.98 Å². The van der Waals surface area contributed by atoms with Gasteiger partial charge >= 0.3 is 0 Å². The normalized spacial score (nSPS) is 9.08. The molecule has 1 rings (SSSR count). The highest BCUT2D eigenvalue weighted by Crippen LogP contribution is 2.04. The van der Waals surface area contributed by atoms with Crippen LogP contribution in [0.5, 0.6) is 0 Å². The molecule has 62 valence electrons. The average molecular weight is 162 g/mol. The van der Waals surface area contributed by atoms with Crippen molar-refractivity contribution >= 4 is 11.6 Å². The molecule has 1 amide bonds. The second-order valence-corrected chi connectivity index (χ2v) is 2.38. The first-order chi connectivity index (χ1) is 5.72. The van der Waals surface area contributed by atoms with E-state index in [1.165, 1.54) is 6.08 Å². The van der Waals surface area contributed by atoms with Crippen LogP contribution in [0, 0.1) is 6.92 Å². The minimum absolute atomic E-state index is 0.222. The molecule has 0 saturated heterocycles. The van der Waals surface area contributed by atoms with Crippen LogP contribution in [0.25, 0.3) is 0 Å². The molecule has 0 bridgehead atoms. The van der Waals surface area contributed by atoms with Crippen LogP contribution in [-0.4, -0.2) is 10.9 Å². The van der Waals surface area contributed by atoms with Crippen molar-refractivity contribution in [3.63, 3.8) is 0 Å². The van der Waals surface area contributed by atoms with Gasteiger partial charge in [-0.15, -0.1) is 0 Å². The summed E-state index contributed by atoms with van der Waals surface area (Å²) in [7, 11) is 0. The average Bonchev–Trinajstić information content (AvgIpc) is 2.09. The molecule has 0 aliphatic heterocycles. The fourth-order valence-corrected chi connectivity index (χ4v) is 0.735. The van der Waals surface area contributed by atoms with E-state index in [2.05, 4.69) is 16.9 Å². The largest absolute Gasteiger partial charge is 0.321 e. The standard InChI is InChI=1S/C9H10N2O/c1-3-9(12)11-8-5-4-7(2)10-6-8/h3-6H,1H2,2H3,(H,11,12). The zero-order valence-corrected chi connectivity index (χ0v) is 6.87. The summed E-state index contributed by atoms with van der Waals surface area (Å²) < 4.78 is 0. The number of rotatable bonds is 2. The molecule has 3 nitrogen and oxygen atoms in total. The number of amides is 1. The van der Waals surface area contributed by atoms with Crippen molar-refractivity contribution in [2.45, 2.75) is 6.92 Å². The monoisotopic (exact) mass is 162 g/mol. The third kappa shape index (κ3) is 2.20. The number of nitrogens with one attached hydrogen (secondary N) is 1. The van der Waals surface area contributed by atoms with Gasteiger partial charge in [0.25, 0.3) is 0 Å². The Morgan fingerprint density at radius 2 is 2.42 bits per heavy atom. The number of pyridine rings is 1. The van der Waals surface area contributed by atoms with E-state index in [1.54, 1.807) is 12.3 Å². The van der Waals surface area contributed by atoms with Crippen molar-refractivity contribution < 1.29 is 4.79 Å². The minimum atomic E-state index is -0.222. The van der Waals surface area contributed by atoms with Crippen LogP contribution in [0.2, 0.25) is 0 Å². The molecule has 1 N–H and O–H groups in total. The van der Waals surface area contributed by atoms with Crippen LogP contribution in [0.15, 0.2) is 31.0 Å². The zero-order chi connectivity index (χ0) is 8.97. The lowest BCUT2D eigenvalue weighted by Gasteiger charge is -2.00. The maximum atomic E-state index is 10.8. The molecule has 0 fully saturated rings. The first-order valence-corrected chi connectivity index (χ1v) is 3.58. The molecule has 1 heterocycles. The first kappa shape index (κ1) is 8.46. The molecule has 0 aromatic carbocycles. The molecule has 0 radical (unpaired) electrons. The van der Waals surface area contributed by atoms with E-state index in [9.17, 15) is 4.79 Å². The maximum Gasteiger partial charge on any atom is 0.247 e. The molecule has 0 aliphatic carbocycles. The number of aromatic nitrogens is 1. The Bertz CT molecular complexity index is 290. The van der Waals surface area contributed by atoms with Gasteiger partial charge in [0, 0.05) is 5.69 Å². The third-order valence-corrected chi connectivity index (χ3v) is 1.36. The van der Waals surface area contributed by atoms with Crippen molar-refractivity contribution in [3.8, 4) is 0 Å². The van der Waals surface area contributed by atoms with Crippen LogP contribution in [0.4, 0.5) is 5.69 Å². The number of nitrogens with zero attached hydrogens (tertiary/aromatic N) is 1. The van der Waals surface area contributed by atoms with Crippen molar-refractivity contribution in [2.24, 2.45) is 0 Å². The van der Waals surface area contributed by atoms with Gasteiger partial charge in [-0.1, -0.05) is 6.58 Å². The maximum absolute atomic E-state index is 10.8. The highest BCUT2D eigenvalue weighted by molar-refractivity contribution is 5.98. The van der Waals surface area contributed by atoms with Gasteiger partial charge in [-0.05, 0) is 25.1 Å². The SMILES string of the molecule is C=CC(=O)Nc1ccc(C)nc1. The summed E-state index contributed by atoms with van der Waals surface area (Å²) in [5.41, 5.74) is 1.61. The predicted molar refractivity (Wildman–Crippen MR) is 47.8 cm³/mol. The Morgan fingerprint density at radius 3 is 2.92 bits per heavy atom. The van der Waals surface area contributed by atoms with Gasteiger partial charge in [-0.2, -0.15) is 0 Å². The molecule has 0 atom stereocenters. The van der Waals surface area contributed by atoms with Crippen LogP contribution in [-0.2, 0) is 4.79 Å². The fourth-order valence-electron chi connectivity index (χ4n) is 0.735. The van der Waals surface area contributed by atoms with Gasteiger partial charge in [0.1, 0.15) is 0 Å². The van der Waals surface area contributed by atoms with E-state index >= 15 is 0 Å². The number of aryl methyl sites for hydroxylation is 1. The highest BCUT2D eigenvalue weighted by atomic mass is 16.1. The molecule has 12 heavy (non-hydrogen) atoms. The summed E-state index contributed by atoms with van der Waals surface area (Å²) in [6, 6.07) is 3.63. The highest BCUT2D eigenvalue weighted by Gasteiger charge is 1.95. The zero-order valence-electron chi connectivity index (χ0n) is 6.87. The lowest BCUT2D eigenvalue weighted by molar-refractivity contribution is -0.111. The van der Waals surface area contributed by atoms with Crippen LogP contribution < -0.4 is 5.32 Å². The number of carbonyl (C=O) groups excluding carboxylic acids is 1. The number of carbonyl (C=O) groups is 1. The Balaban J connectivity index is 2.71. The van der Waals surface area contributed by atoms with Crippen molar-refractivity contribution in [2.75, 3.05) is 5.32 Å². The van der Waals surface area contributed by atoms with Gasteiger partial charge < -0.3 is 5.32 Å². The summed E-state index contributed by atoms with van der Waals surface area (Å²) in [5, 5.41) is 2.60. The Labute approximate surface area is 71.1 Å². The molecular weight excluding hydrogens is 152 g/mol. The van der Waals surface area contributed by atoms with E-state index in [-0.39, 0.29) is 5.91 Å². The first-order valence-electron chi connectivity index (χ1n) is 3.58. The second kappa shape index (κ2) is 3.67. The molecule has 0 aliphatic rings. The lowest BCUT2D eigenvalue weighted by Crippen LogP contribution is -2.07. The van der Waals surface area contributed by atoms with Gasteiger partial charge in [0.05, 0.1) is 11.9 Å². The van der Waals surface area contributed by atoms with Gasteiger partial charge in [-0.3, -0.25) is 9.78 Å². The second-order valence-electron chi connectivity index (χ2n) is 2.38. The fraction of sp³-hybridized carbons (Fsp3) is 0.111. The lowest BCUT2D eigenvalue weighted by atomic mass is 10.3. The van der Waals surface area contributed by atoms with Gasteiger partial charge in [0.15, 0.2) is 0 Å². The molecule has 1 aromatic rings. The number of hydrogen-bond donors (Lipinski definition) is 1. The molecule has 0 unspecified atom stereocenters. The van der Waals surface area contributed by atoms with E-state index in [1.807, 2.05) is 13.0 Å². The topological polar surface area (TPSA) is 42.0 Å². The van der Waals surface area contributed by atoms with Crippen LogP contribution in [0.3, 0.4) is 0 Å². The molecule has 0 spiro atoms. The third-order valence-electron chi connectivity index (χ3n) is 1.36. The summed E-state index contributed by atoms with van der Waals surface area (Å²) in [5.74, 6) is -0.222. The molecule has 0 saturated carbocycles. The van der Waals surface area contributed by atoms with E-state index in [0.29, 0.717) is 5.69 Å². The Kier molecular flexibility index (Phi) is 2.58. The predicted octanol–water partition coefficient (Wildman–Crippen LogP) is 1.51. The summed E-state index contributed by atoms with van der Waals surface area (Å²) in [4.78, 5) is 14.8. The summed E-state index contributed by atoms with van der Waals surface area (Å²) in [6.45, 7) is 5.23. The quantitative estimate of drug-likeness (QED) is 0.670. The molecular formula is C9H10N2O. The molecule has 3 heteroatoms. The molecule has 1 aromatic heterocycles. The Morgan fingerprint density at radius 1 is 1.67 bits per heavy atom. The smallest absolute Gasteiger partial charge is 0.247 e. The number of hydrogen-bond acceptors (Lipinski definition) is 2. The summed E-state index contributed by atoms with van der Waals surface area (Å²) >= 11 is 0.